The molecule has 0 saturated carbocycles. The maximum absolute atomic E-state index is 11.2. The summed E-state index contributed by atoms with van der Waals surface area (Å²) < 4.78 is 49.4. The first-order valence-corrected chi connectivity index (χ1v) is 11.1. The number of hydrogen-bond donors (Lipinski definition) is 0. The molecule has 0 aliphatic carbocycles. The summed E-state index contributed by atoms with van der Waals surface area (Å²) >= 11 is 0.753. The van der Waals surface area contributed by atoms with E-state index in [1.54, 1.807) is 42.5 Å². The molecule has 162 valence electrons. The first-order chi connectivity index (χ1) is 15.4. The Morgan fingerprint density at radius 2 is 1.41 bits per heavy atom. The molecule has 0 amide bonds. The minimum absolute atomic E-state index is 0. The van der Waals surface area contributed by atoms with Gasteiger partial charge in [0.15, 0.2) is 11.2 Å². The first kappa shape index (κ1) is 27.3. The van der Waals surface area contributed by atoms with E-state index in [9.17, 15) is 18.2 Å². The molecule has 5 aromatic rings. The molecular formula is C20H10N2Na2O8S2. The van der Waals surface area contributed by atoms with E-state index in [0.717, 1.165) is 12.0 Å². The van der Waals surface area contributed by atoms with Crippen LogP contribution in [0.5, 0.6) is 0 Å². The zero-order valence-corrected chi connectivity index (χ0v) is 23.4. The molecule has 0 spiro atoms. The fourth-order valence-corrected chi connectivity index (χ4v) is 3.95. The average Bonchev–Trinajstić information content (AvgIpc) is 3.40. The van der Waals surface area contributed by atoms with E-state index >= 15 is 0 Å². The van der Waals surface area contributed by atoms with Crippen LogP contribution in [0, 0.1) is 0 Å². The van der Waals surface area contributed by atoms with Crippen LogP contribution in [0.1, 0.15) is 0 Å². The van der Waals surface area contributed by atoms with E-state index in [0.29, 0.717) is 38.6 Å². The minimum atomic E-state index is -4.58. The van der Waals surface area contributed by atoms with Gasteiger partial charge in [0.25, 0.3) is 0 Å². The fraction of sp³-hybridized carbons (Fsp3) is 0. The summed E-state index contributed by atoms with van der Waals surface area (Å²) in [6.07, 6.45) is 0. The van der Waals surface area contributed by atoms with Crippen molar-refractivity contribution in [3.8, 4) is 22.9 Å². The number of hydrogen-bond acceptors (Lipinski definition) is 11. The van der Waals surface area contributed by atoms with Crippen LogP contribution in [0.3, 0.4) is 0 Å². The molecule has 2 heterocycles. The smallest absolute Gasteiger partial charge is 0.744 e. The second-order valence-electron chi connectivity index (χ2n) is 6.55. The standard InChI is InChI=1S/C20H12N2O8S2.2Na/c23-29-30-31-13-5-7-15-18(9-13)28-19(21-15)11-1-3-12(4-2-11)20-22-16-10-14(32(24,25)26)6-8-17(16)27-20;;/h1-10,23H,(H,24,25,26);;/q;2*+1/p-2. The molecule has 0 unspecified atom stereocenters. The van der Waals surface area contributed by atoms with Gasteiger partial charge in [0.1, 0.15) is 21.2 Å². The zero-order valence-electron chi connectivity index (χ0n) is 17.8. The summed E-state index contributed by atoms with van der Waals surface area (Å²) in [4.78, 5) is 8.95. The van der Waals surface area contributed by atoms with Gasteiger partial charge >= 0.3 is 59.1 Å². The van der Waals surface area contributed by atoms with Crippen LogP contribution in [0.4, 0.5) is 0 Å². The summed E-state index contributed by atoms with van der Waals surface area (Å²) in [6, 6.07) is 15.9. The van der Waals surface area contributed by atoms with Gasteiger partial charge in [-0.1, -0.05) is 0 Å². The van der Waals surface area contributed by atoms with Crippen LogP contribution in [-0.2, 0) is 19.5 Å². The van der Waals surface area contributed by atoms with Crippen LogP contribution in [0.15, 0.2) is 79.3 Å². The summed E-state index contributed by atoms with van der Waals surface area (Å²) in [7, 11) is -4.58. The molecule has 0 saturated heterocycles. The monoisotopic (exact) mass is 516 g/mol. The molecule has 0 bridgehead atoms. The summed E-state index contributed by atoms with van der Waals surface area (Å²) in [5, 5.41) is 13.3. The molecule has 0 N–H and O–H groups in total. The predicted molar refractivity (Wildman–Crippen MR) is 108 cm³/mol. The summed E-state index contributed by atoms with van der Waals surface area (Å²) in [5.74, 6) is 0.657. The summed E-state index contributed by atoms with van der Waals surface area (Å²) in [5.41, 5.74) is 3.09. The molecule has 14 heteroatoms. The molecule has 0 fully saturated rings. The largest absolute Gasteiger partial charge is 1.00 e. The Labute approximate surface area is 241 Å². The van der Waals surface area contributed by atoms with Gasteiger partial charge in [-0.05, 0) is 60.7 Å². The molecule has 0 atom stereocenters. The quantitative estimate of drug-likeness (QED) is 0.0771. The van der Waals surface area contributed by atoms with Crippen molar-refractivity contribution in [2.75, 3.05) is 0 Å². The number of benzene rings is 3. The Bertz CT molecular complexity index is 1550. The Hall–Kier alpha value is -1.26. The normalized spacial score (nSPS) is 11.4. The Morgan fingerprint density at radius 1 is 0.794 bits per heavy atom. The molecule has 34 heavy (non-hydrogen) atoms. The van der Waals surface area contributed by atoms with E-state index in [4.69, 9.17) is 8.83 Å². The van der Waals surface area contributed by atoms with Crippen molar-refractivity contribution in [3.63, 3.8) is 0 Å². The molecule has 0 radical (unpaired) electrons. The molecule has 10 nitrogen and oxygen atoms in total. The Kier molecular flexibility index (Phi) is 9.01. The third kappa shape index (κ3) is 5.75. The zero-order chi connectivity index (χ0) is 22.3. The molecule has 0 aliphatic rings. The van der Waals surface area contributed by atoms with E-state index < -0.39 is 10.1 Å². The Morgan fingerprint density at radius 3 is 2.03 bits per heavy atom. The Balaban J connectivity index is 0.00000162. The van der Waals surface area contributed by atoms with Gasteiger partial charge in [-0.3, -0.25) is 5.04 Å². The van der Waals surface area contributed by atoms with E-state index in [1.807, 2.05) is 0 Å². The van der Waals surface area contributed by atoms with Crippen molar-refractivity contribution in [2.24, 2.45) is 0 Å². The number of aromatic nitrogens is 2. The molecule has 5 rings (SSSR count). The fourth-order valence-electron chi connectivity index (χ4n) is 3.08. The van der Waals surface area contributed by atoms with Crippen LogP contribution < -0.4 is 64.4 Å². The van der Waals surface area contributed by atoms with Gasteiger partial charge < -0.3 is 18.6 Å². The first-order valence-electron chi connectivity index (χ1n) is 8.92. The number of fused-ring (bicyclic) bond motifs is 2. The van der Waals surface area contributed by atoms with Crippen molar-refractivity contribution in [3.05, 3.63) is 60.7 Å². The molecule has 3 aromatic carbocycles. The minimum Gasteiger partial charge on any atom is -0.744 e. The maximum atomic E-state index is 11.2. The topological polar surface area (TPSA) is 151 Å². The van der Waals surface area contributed by atoms with Gasteiger partial charge in [0.2, 0.25) is 11.8 Å². The van der Waals surface area contributed by atoms with Crippen LogP contribution in [0.25, 0.3) is 45.1 Å². The van der Waals surface area contributed by atoms with Gasteiger partial charge in [-0.15, -0.1) is 0 Å². The van der Waals surface area contributed by atoms with Crippen molar-refractivity contribution in [2.45, 2.75) is 9.79 Å². The average molecular weight is 516 g/mol. The summed E-state index contributed by atoms with van der Waals surface area (Å²) in [6.45, 7) is 0. The third-order valence-electron chi connectivity index (χ3n) is 4.54. The van der Waals surface area contributed by atoms with Crippen molar-refractivity contribution in [1.29, 1.82) is 0 Å². The van der Waals surface area contributed by atoms with Gasteiger partial charge in [0, 0.05) is 16.0 Å². The van der Waals surface area contributed by atoms with Crippen LogP contribution >= 0.6 is 12.0 Å². The second kappa shape index (κ2) is 11.2. The third-order valence-corrected chi connectivity index (χ3v) is 5.95. The molecule has 0 aliphatic heterocycles. The van der Waals surface area contributed by atoms with E-state index in [-0.39, 0.29) is 75.4 Å². The number of nitrogens with zero attached hydrogens (tertiary/aromatic N) is 2. The van der Waals surface area contributed by atoms with Gasteiger partial charge in [-0.2, -0.15) is 4.33 Å². The van der Waals surface area contributed by atoms with Gasteiger partial charge in [0.05, 0.1) is 16.9 Å². The maximum Gasteiger partial charge on any atom is 1.00 e. The SMILES string of the molecule is O=S(=O)([O-])c1ccc2oc(-c3ccc(-c4nc5ccc(SOO[O-])cc5o4)cc3)nc2c1.[Na+].[Na+]. The number of rotatable bonds is 6. The van der Waals surface area contributed by atoms with Gasteiger partial charge in [-0.25, -0.2) is 18.4 Å². The van der Waals surface area contributed by atoms with E-state index in [1.165, 1.54) is 18.2 Å². The predicted octanol–water partition coefficient (Wildman–Crippen LogP) is -2.55. The second-order valence-corrected chi connectivity index (χ2v) is 8.70. The van der Waals surface area contributed by atoms with Crippen LogP contribution in [-0.4, -0.2) is 22.9 Å². The number of oxazole rings is 2. The van der Waals surface area contributed by atoms with Crippen LogP contribution in [0.2, 0.25) is 0 Å². The van der Waals surface area contributed by atoms with Crippen molar-refractivity contribution >= 4 is 44.4 Å². The molecular weight excluding hydrogens is 506 g/mol. The van der Waals surface area contributed by atoms with Crippen molar-refractivity contribution < 1.29 is 95.5 Å². The van der Waals surface area contributed by atoms with E-state index in [2.05, 4.69) is 19.3 Å². The molecule has 2 aromatic heterocycles. The van der Waals surface area contributed by atoms with Crippen molar-refractivity contribution in [1.82, 2.24) is 9.97 Å².